The molecule has 2 bridgehead atoms. The van der Waals surface area contributed by atoms with Gasteiger partial charge in [0.05, 0.1) is 11.4 Å². The van der Waals surface area contributed by atoms with Crippen LogP contribution in [0.15, 0.2) is 6.07 Å². The second kappa shape index (κ2) is 5.02. The van der Waals surface area contributed by atoms with Crippen LogP contribution in [-0.2, 0) is 13.1 Å². The molecule has 0 radical (unpaired) electrons. The Labute approximate surface area is 109 Å². The SMILES string of the molecule is CCn1nc(C)cc1CN1CCC2CCC(C1)N2. The highest BCUT2D eigenvalue weighted by Crippen LogP contribution is 2.21. The molecule has 1 aromatic heterocycles. The van der Waals surface area contributed by atoms with E-state index >= 15 is 0 Å². The topological polar surface area (TPSA) is 33.1 Å². The van der Waals surface area contributed by atoms with Crippen LogP contribution in [0.3, 0.4) is 0 Å². The molecule has 2 aliphatic rings. The fourth-order valence-corrected chi connectivity index (χ4v) is 3.39. The lowest BCUT2D eigenvalue weighted by Gasteiger charge is -2.24. The van der Waals surface area contributed by atoms with Crippen molar-refractivity contribution in [1.29, 1.82) is 0 Å². The highest BCUT2D eigenvalue weighted by atomic mass is 15.3. The number of hydrogen-bond donors (Lipinski definition) is 1. The first-order valence-electron chi connectivity index (χ1n) is 7.26. The Morgan fingerprint density at radius 3 is 3.00 bits per heavy atom. The molecule has 2 fully saturated rings. The van der Waals surface area contributed by atoms with E-state index < -0.39 is 0 Å². The van der Waals surface area contributed by atoms with Crippen molar-refractivity contribution in [2.75, 3.05) is 13.1 Å². The number of rotatable bonds is 3. The number of aryl methyl sites for hydroxylation is 2. The Bertz CT molecular complexity index is 412. The lowest BCUT2D eigenvalue weighted by Crippen LogP contribution is -2.35. The summed E-state index contributed by atoms with van der Waals surface area (Å²) in [5.41, 5.74) is 2.51. The van der Waals surface area contributed by atoms with Gasteiger partial charge < -0.3 is 5.32 Å². The molecule has 1 N–H and O–H groups in total. The predicted octanol–water partition coefficient (Wildman–Crippen LogP) is 1.54. The Morgan fingerprint density at radius 2 is 2.17 bits per heavy atom. The van der Waals surface area contributed by atoms with Gasteiger partial charge in [-0.15, -0.1) is 0 Å². The van der Waals surface area contributed by atoms with Gasteiger partial charge in [0, 0.05) is 38.3 Å². The van der Waals surface area contributed by atoms with Gasteiger partial charge in [0.1, 0.15) is 0 Å². The van der Waals surface area contributed by atoms with Crippen molar-refractivity contribution in [3.8, 4) is 0 Å². The van der Waals surface area contributed by atoms with Crippen LogP contribution in [0.4, 0.5) is 0 Å². The summed E-state index contributed by atoms with van der Waals surface area (Å²) >= 11 is 0. The van der Waals surface area contributed by atoms with E-state index in [2.05, 4.69) is 39.9 Å². The normalized spacial score (nSPS) is 28.6. The molecule has 0 amide bonds. The smallest absolute Gasteiger partial charge is 0.0597 e. The minimum atomic E-state index is 0.719. The van der Waals surface area contributed by atoms with E-state index in [-0.39, 0.29) is 0 Å². The van der Waals surface area contributed by atoms with Gasteiger partial charge in [-0.3, -0.25) is 9.58 Å². The van der Waals surface area contributed by atoms with Gasteiger partial charge in [0.15, 0.2) is 0 Å². The van der Waals surface area contributed by atoms with Crippen molar-refractivity contribution in [3.05, 3.63) is 17.5 Å². The van der Waals surface area contributed by atoms with Crippen molar-refractivity contribution in [1.82, 2.24) is 20.0 Å². The predicted molar refractivity (Wildman–Crippen MR) is 72.5 cm³/mol. The largest absolute Gasteiger partial charge is 0.310 e. The number of nitrogens with zero attached hydrogens (tertiary/aromatic N) is 3. The zero-order valence-corrected chi connectivity index (χ0v) is 11.5. The highest BCUT2D eigenvalue weighted by Gasteiger charge is 2.29. The monoisotopic (exact) mass is 248 g/mol. The van der Waals surface area contributed by atoms with Crippen LogP contribution < -0.4 is 5.32 Å². The average molecular weight is 248 g/mol. The van der Waals surface area contributed by atoms with Crippen molar-refractivity contribution in [2.24, 2.45) is 0 Å². The summed E-state index contributed by atoms with van der Waals surface area (Å²) in [6, 6.07) is 3.73. The summed E-state index contributed by atoms with van der Waals surface area (Å²) in [5.74, 6) is 0. The van der Waals surface area contributed by atoms with Gasteiger partial charge >= 0.3 is 0 Å². The van der Waals surface area contributed by atoms with Crippen LogP contribution in [0, 0.1) is 6.92 Å². The van der Waals surface area contributed by atoms with Crippen molar-refractivity contribution in [2.45, 2.75) is 58.3 Å². The van der Waals surface area contributed by atoms with E-state index in [1.54, 1.807) is 0 Å². The second-order valence-electron chi connectivity index (χ2n) is 5.75. The highest BCUT2D eigenvalue weighted by molar-refractivity contribution is 5.09. The molecule has 2 saturated heterocycles. The van der Waals surface area contributed by atoms with E-state index in [9.17, 15) is 0 Å². The molecule has 4 nitrogen and oxygen atoms in total. The fraction of sp³-hybridized carbons (Fsp3) is 0.786. The fourth-order valence-electron chi connectivity index (χ4n) is 3.39. The maximum atomic E-state index is 4.54. The Balaban J connectivity index is 1.68. The molecule has 2 atom stereocenters. The number of likely N-dealkylation sites (tertiary alicyclic amines) is 1. The molecule has 1 aromatic rings. The van der Waals surface area contributed by atoms with Gasteiger partial charge in [-0.25, -0.2) is 0 Å². The van der Waals surface area contributed by atoms with E-state index in [1.165, 1.54) is 38.0 Å². The number of nitrogens with one attached hydrogen (secondary N) is 1. The average Bonchev–Trinajstić information content (AvgIpc) is 2.85. The molecule has 3 heterocycles. The molecule has 4 heteroatoms. The molecule has 100 valence electrons. The lowest BCUT2D eigenvalue weighted by molar-refractivity contribution is 0.243. The second-order valence-corrected chi connectivity index (χ2v) is 5.75. The van der Waals surface area contributed by atoms with Gasteiger partial charge in [-0.05, 0) is 39.2 Å². The Kier molecular flexibility index (Phi) is 3.39. The van der Waals surface area contributed by atoms with E-state index in [4.69, 9.17) is 0 Å². The van der Waals surface area contributed by atoms with Gasteiger partial charge in [0.2, 0.25) is 0 Å². The lowest BCUT2D eigenvalue weighted by atomic mass is 10.1. The Morgan fingerprint density at radius 1 is 1.33 bits per heavy atom. The minimum Gasteiger partial charge on any atom is -0.310 e. The van der Waals surface area contributed by atoms with E-state index in [0.29, 0.717) is 0 Å². The summed E-state index contributed by atoms with van der Waals surface area (Å²) in [6.45, 7) is 8.71. The molecule has 0 aliphatic carbocycles. The molecule has 18 heavy (non-hydrogen) atoms. The third-order valence-corrected chi connectivity index (χ3v) is 4.28. The number of aromatic nitrogens is 2. The first kappa shape index (κ1) is 12.2. The first-order valence-corrected chi connectivity index (χ1v) is 7.26. The molecule has 3 rings (SSSR count). The molecular weight excluding hydrogens is 224 g/mol. The van der Waals surface area contributed by atoms with Crippen LogP contribution in [-0.4, -0.2) is 39.9 Å². The first-order chi connectivity index (χ1) is 8.74. The molecule has 0 aromatic carbocycles. The summed E-state index contributed by atoms with van der Waals surface area (Å²) in [6.07, 6.45) is 4.04. The Hall–Kier alpha value is -0.870. The summed E-state index contributed by atoms with van der Waals surface area (Å²) < 4.78 is 2.14. The van der Waals surface area contributed by atoms with E-state index in [0.717, 1.165) is 30.9 Å². The van der Waals surface area contributed by atoms with Crippen molar-refractivity contribution in [3.63, 3.8) is 0 Å². The number of fused-ring (bicyclic) bond motifs is 2. The van der Waals surface area contributed by atoms with Crippen molar-refractivity contribution >= 4 is 0 Å². The van der Waals surface area contributed by atoms with Crippen LogP contribution in [0.2, 0.25) is 0 Å². The third kappa shape index (κ3) is 2.45. The molecule has 2 unspecified atom stereocenters. The van der Waals surface area contributed by atoms with Gasteiger partial charge in [-0.1, -0.05) is 0 Å². The van der Waals surface area contributed by atoms with Crippen LogP contribution in [0.25, 0.3) is 0 Å². The molecule has 0 saturated carbocycles. The van der Waals surface area contributed by atoms with Crippen LogP contribution in [0.5, 0.6) is 0 Å². The van der Waals surface area contributed by atoms with Gasteiger partial charge in [0.25, 0.3) is 0 Å². The minimum absolute atomic E-state index is 0.719. The molecule has 0 spiro atoms. The maximum absolute atomic E-state index is 4.54. The quantitative estimate of drug-likeness (QED) is 0.881. The third-order valence-electron chi connectivity index (χ3n) is 4.28. The maximum Gasteiger partial charge on any atom is 0.0597 e. The number of hydrogen-bond acceptors (Lipinski definition) is 3. The zero-order valence-electron chi connectivity index (χ0n) is 11.5. The molecular formula is C14H24N4. The summed E-state index contributed by atoms with van der Waals surface area (Å²) in [4.78, 5) is 2.60. The summed E-state index contributed by atoms with van der Waals surface area (Å²) in [5, 5.41) is 8.28. The van der Waals surface area contributed by atoms with Crippen LogP contribution >= 0.6 is 0 Å². The summed E-state index contributed by atoms with van der Waals surface area (Å²) in [7, 11) is 0. The van der Waals surface area contributed by atoms with Crippen molar-refractivity contribution < 1.29 is 0 Å². The molecule has 2 aliphatic heterocycles. The zero-order chi connectivity index (χ0) is 12.5. The van der Waals surface area contributed by atoms with Gasteiger partial charge in [-0.2, -0.15) is 5.10 Å². The van der Waals surface area contributed by atoms with E-state index in [1.807, 2.05) is 0 Å². The van der Waals surface area contributed by atoms with Crippen LogP contribution in [0.1, 0.15) is 37.6 Å². The standard InChI is InChI=1S/C14H24N4/c1-3-18-14(8-11(2)16-18)10-17-7-6-12-4-5-13(9-17)15-12/h8,12-13,15H,3-7,9-10H2,1-2H3.